The van der Waals surface area contributed by atoms with Crippen LogP contribution in [-0.2, 0) is 12.8 Å². The molecular weight excluding hydrogens is 526 g/mol. The van der Waals surface area contributed by atoms with Crippen molar-refractivity contribution >= 4 is 27.8 Å². The van der Waals surface area contributed by atoms with Gasteiger partial charge in [-0.05, 0) is 54.0 Å². The van der Waals surface area contributed by atoms with Crippen LogP contribution in [0.15, 0.2) is 67.3 Å². The zero-order valence-electron chi connectivity index (χ0n) is 23.2. The van der Waals surface area contributed by atoms with Gasteiger partial charge in [0.15, 0.2) is 5.58 Å². The molecule has 0 saturated carbocycles. The van der Waals surface area contributed by atoms with Gasteiger partial charge in [0.2, 0.25) is 0 Å². The largest absolute Gasteiger partial charge is 0.506 e. The van der Waals surface area contributed by atoms with Crippen molar-refractivity contribution in [2.45, 2.75) is 46.0 Å². The third-order valence-electron chi connectivity index (χ3n) is 7.17. The molecule has 0 aliphatic carbocycles. The number of pyridine rings is 1. The number of nitrogens with zero attached hydrogens (tertiary/aromatic N) is 2. The number of nitrogens with one attached hydrogen (secondary N) is 1. The first-order chi connectivity index (χ1) is 19.5. The molecule has 9 heteroatoms. The predicted octanol–water partition coefficient (Wildman–Crippen LogP) is 6.65. The van der Waals surface area contributed by atoms with Crippen LogP contribution in [0.3, 0.4) is 0 Å². The number of rotatable bonds is 10. The summed E-state index contributed by atoms with van der Waals surface area (Å²) in [5.41, 5.74) is 4.23. The number of aromatic nitrogens is 2. The number of thioether (sulfide) groups is 1. The van der Waals surface area contributed by atoms with Gasteiger partial charge < -0.3 is 24.1 Å². The van der Waals surface area contributed by atoms with E-state index < -0.39 is 0 Å². The number of ether oxygens (including phenoxy) is 2. The normalized spacial score (nSPS) is 13.6. The summed E-state index contributed by atoms with van der Waals surface area (Å²) in [6.45, 7) is 4.62. The fourth-order valence-electron chi connectivity index (χ4n) is 5.04. The average Bonchev–Trinajstić information content (AvgIpc) is 3.38. The number of para-hydroxylation sites is 1. The first-order valence-corrected chi connectivity index (χ1v) is 14.3. The molecule has 4 aromatic rings. The van der Waals surface area contributed by atoms with Gasteiger partial charge in [0.25, 0.3) is 5.56 Å². The number of unbranched alkanes of at least 4 members (excludes halogenated alkanes) is 1. The highest BCUT2D eigenvalue weighted by atomic mass is 32.2. The Morgan fingerprint density at radius 3 is 2.48 bits per heavy atom. The van der Waals surface area contributed by atoms with E-state index in [4.69, 9.17) is 19.0 Å². The topological polar surface area (TPSA) is 110 Å². The van der Waals surface area contributed by atoms with E-state index in [0.717, 1.165) is 40.8 Å². The molecule has 40 heavy (non-hydrogen) atoms. The van der Waals surface area contributed by atoms with E-state index in [1.807, 2.05) is 42.5 Å². The van der Waals surface area contributed by atoms with Crippen molar-refractivity contribution in [3.8, 4) is 28.4 Å². The van der Waals surface area contributed by atoms with Crippen LogP contribution in [0.4, 0.5) is 0 Å². The quantitative estimate of drug-likeness (QED) is 0.224. The smallest absolute Gasteiger partial charge is 0.261 e. The first kappa shape index (κ1) is 27.6. The molecule has 5 rings (SSSR count). The maximum atomic E-state index is 13.5. The Balaban J connectivity index is 1.61. The number of benzene rings is 2. The molecule has 0 fully saturated rings. The number of methoxy groups -OCH3 is 2. The van der Waals surface area contributed by atoms with Crippen molar-refractivity contribution in [1.29, 1.82) is 0 Å². The molecule has 2 aromatic heterocycles. The van der Waals surface area contributed by atoms with Gasteiger partial charge in [-0.25, -0.2) is 0 Å². The third kappa shape index (κ3) is 5.13. The van der Waals surface area contributed by atoms with Crippen molar-refractivity contribution < 1.29 is 19.1 Å². The van der Waals surface area contributed by atoms with E-state index in [-0.39, 0.29) is 16.9 Å². The lowest BCUT2D eigenvalue weighted by Crippen LogP contribution is -2.22. The van der Waals surface area contributed by atoms with Crippen molar-refractivity contribution in [3.05, 3.63) is 80.2 Å². The predicted molar refractivity (Wildman–Crippen MR) is 160 cm³/mol. The summed E-state index contributed by atoms with van der Waals surface area (Å²) in [6, 6.07) is 13.2. The van der Waals surface area contributed by atoms with E-state index >= 15 is 0 Å². The van der Waals surface area contributed by atoms with Gasteiger partial charge in [0.05, 0.1) is 37.6 Å². The van der Waals surface area contributed by atoms with Gasteiger partial charge in [-0.15, -0.1) is 0 Å². The Hall–Kier alpha value is -3.98. The minimum absolute atomic E-state index is 0.130. The first-order valence-electron chi connectivity index (χ1n) is 13.5. The van der Waals surface area contributed by atoms with Crippen LogP contribution < -0.4 is 15.0 Å². The number of aromatic hydroxyl groups is 1. The molecule has 0 atom stereocenters. The summed E-state index contributed by atoms with van der Waals surface area (Å²) < 4.78 is 16.9. The van der Waals surface area contributed by atoms with E-state index in [1.165, 1.54) is 17.3 Å². The summed E-state index contributed by atoms with van der Waals surface area (Å²) in [4.78, 5) is 22.4. The molecule has 208 valence electrons. The second kappa shape index (κ2) is 12.0. The number of aromatic amines is 1. The Bertz CT molecular complexity index is 1650. The van der Waals surface area contributed by atoms with Crippen molar-refractivity contribution in [3.63, 3.8) is 0 Å². The summed E-state index contributed by atoms with van der Waals surface area (Å²) in [7, 11) is 3.15. The Labute approximate surface area is 237 Å². The molecule has 8 nitrogen and oxygen atoms in total. The molecule has 0 unspecified atom stereocenters. The molecule has 1 aliphatic rings. The Morgan fingerprint density at radius 2 is 1.77 bits per heavy atom. The second-order valence-corrected chi connectivity index (χ2v) is 10.7. The number of aryl methyl sites for hydroxylation is 1. The molecule has 2 N–H and O–H groups in total. The van der Waals surface area contributed by atoms with Crippen LogP contribution >= 0.6 is 11.8 Å². The lowest BCUT2D eigenvalue weighted by atomic mass is 9.96. The Kier molecular flexibility index (Phi) is 8.30. The van der Waals surface area contributed by atoms with Gasteiger partial charge in [-0.2, -0.15) is 0 Å². The van der Waals surface area contributed by atoms with Crippen LogP contribution in [0.1, 0.15) is 50.1 Å². The van der Waals surface area contributed by atoms with Gasteiger partial charge in [0.1, 0.15) is 27.9 Å². The minimum atomic E-state index is -0.376. The third-order valence-corrected chi connectivity index (χ3v) is 8.38. The number of allylic oxidation sites excluding steroid dienone is 1. The highest BCUT2D eigenvalue weighted by Gasteiger charge is 2.29. The molecule has 0 bridgehead atoms. The minimum Gasteiger partial charge on any atom is -0.506 e. The lowest BCUT2D eigenvalue weighted by molar-refractivity contribution is 0.396. The molecular formula is C31H33N3O5S. The van der Waals surface area contributed by atoms with Crippen molar-refractivity contribution in [2.24, 2.45) is 4.99 Å². The van der Waals surface area contributed by atoms with E-state index in [0.29, 0.717) is 52.7 Å². The van der Waals surface area contributed by atoms with Crippen molar-refractivity contribution in [1.82, 2.24) is 10.1 Å². The number of hydrogen-bond donors (Lipinski definition) is 2. The van der Waals surface area contributed by atoms with Crippen LogP contribution in [0.25, 0.3) is 22.1 Å². The van der Waals surface area contributed by atoms with Gasteiger partial charge in [-0.3, -0.25) is 9.79 Å². The summed E-state index contributed by atoms with van der Waals surface area (Å²) in [6.07, 6.45) is 3.72. The fraction of sp³-hybridized carbons (Fsp3) is 0.323. The zero-order valence-corrected chi connectivity index (χ0v) is 24.0. The standard InChI is InChI=1S/C31H33N3O5S/c1-5-7-12-20-26(27-23(37-3)14-10-15-24(27)38-4)29(35)28(30(36)33-20)31-32-17-18(6-2)25(40-31)16-21-19-11-8-9-13-22(19)39-34-21/h8-11,13-15H,5-7,12,16-17H2,1-4H3,(H2,33,35,36). The second-order valence-electron chi connectivity index (χ2n) is 9.58. The maximum Gasteiger partial charge on any atom is 0.261 e. The number of fused-ring (bicyclic) bond motifs is 1. The summed E-state index contributed by atoms with van der Waals surface area (Å²) in [5.74, 6) is 0.945. The average molecular weight is 560 g/mol. The zero-order chi connectivity index (χ0) is 28.2. The van der Waals surface area contributed by atoms with Crippen LogP contribution in [-0.4, -0.2) is 41.1 Å². The summed E-state index contributed by atoms with van der Waals surface area (Å²) in [5, 5.41) is 17.6. The van der Waals surface area contributed by atoms with E-state index in [1.54, 1.807) is 14.2 Å². The summed E-state index contributed by atoms with van der Waals surface area (Å²) >= 11 is 1.41. The molecule has 0 amide bonds. The van der Waals surface area contributed by atoms with Gasteiger partial charge in [-0.1, -0.05) is 55.4 Å². The Morgan fingerprint density at radius 1 is 1.02 bits per heavy atom. The molecule has 1 aliphatic heterocycles. The monoisotopic (exact) mass is 559 g/mol. The van der Waals surface area contributed by atoms with Gasteiger partial charge in [0, 0.05) is 17.5 Å². The number of hydrogen-bond acceptors (Lipinski definition) is 8. The highest BCUT2D eigenvalue weighted by Crippen LogP contribution is 2.46. The van der Waals surface area contributed by atoms with Crippen molar-refractivity contribution in [2.75, 3.05) is 20.8 Å². The molecule has 3 heterocycles. The number of H-pyrrole nitrogens is 1. The van der Waals surface area contributed by atoms with Crippen LogP contribution in [0.5, 0.6) is 17.2 Å². The SMILES string of the molecule is CCCCc1[nH]c(=O)c(C2=NCC(CC)=C(Cc3noc4ccccc34)S2)c(O)c1-c1c(OC)cccc1OC. The van der Waals surface area contributed by atoms with Crippen LogP contribution in [0, 0.1) is 0 Å². The van der Waals surface area contributed by atoms with Gasteiger partial charge >= 0.3 is 0 Å². The molecule has 0 saturated heterocycles. The van der Waals surface area contributed by atoms with E-state index in [2.05, 4.69) is 24.0 Å². The molecule has 0 radical (unpaired) electrons. The highest BCUT2D eigenvalue weighted by molar-refractivity contribution is 8.17. The van der Waals surface area contributed by atoms with E-state index in [9.17, 15) is 9.90 Å². The molecule has 2 aromatic carbocycles. The van der Waals surface area contributed by atoms with Crippen LogP contribution in [0.2, 0.25) is 0 Å². The maximum absolute atomic E-state index is 13.5. The number of aliphatic imine (C=N–C) groups is 1. The fourth-order valence-corrected chi connectivity index (χ4v) is 6.25. The molecule has 0 spiro atoms. The lowest BCUT2D eigenvalue weighted by Gasteiger charge is -2.22.